The minimum Gasteiger partial charge on any atom is -0.375 e. The zero-order chi connectivity index (χ0) is 31.7. The van der Waals surface area contributed by atoms with Gasteiger partial charge in [0.1, 0.15) is 5.82 Å². The minimum atomic E-state index is -0.314. The highest BCUT2D eigenvalue weighted by Crippen LogP contribution is 2.53. The number of hydrogen-bond acceptors (Lipinski definition) is 4. The number of likely N-dealkylation sites (tertiary alicyclic amines) is 1. The van der Waals surface area contributed by atoms with Crippen LogP contribution in [-0.4, -0.2) is 39.2 Å². The lowest BCUT2D eigenvalue weighted by Crippen LogP contribution is -2.43. The molecule has 238 valence electrons. The van der Waals surface area contributed by atoms with Crippen LogP contribution in [0.2, 0.25) is 5.02 Å². The molecular weight excluding hydrogens is 569 g/mol. The van der Waals surface area contributed by atoms with Crippen LogP contribution in [0.4, 0.5) is 10.1 Å². The smallest absolute Gasteiger partial charge is 0.129 e. The Hall–Kier alpha value is -2.86. The van der Waals surface area contributed by atoms with E-state index < -0.39 is 0 Å². The van der Waals surface area contributed by atoms with Crippen molar-refractivity contribution in [3.05, 3.63) is 77.6 Å². The number of anilines is 1. The van der Waals surface area contributed by atoms with Crippen LogP contribution in [0, 0.1) is 10.8 Å². The Morgan fingerprint density at radius 2 is 1.80 bits per heavy atom. The topological polar surface area (TPSA) is 37.2 Å². The maximum Gasteiger partial charge on any atom is 0.129 e. The van der Waals surface area contributed by atoms with Crippen molar-refractivity contribution < 1.29 is 4.39 Å². The number of halogens is 2. The summed E-state index contributed by atoms with van der Waals surface area (Å²) in [6, 6.07) is 8.00. The molecule has 2 aliphatic heterocycles. The second-order valence-electron chi connectivity index (χ2n) is 15.0. The molecule has 0 radical (unpaired) electrons. The first-order valence-corrected chi connectivity index (χ1v) is 16.8. The summed E-state index contributed by atoms with van der Waals surface area (Å²) in [4.78, 5) is 14.4. The summed E-state index contributed by atoms with van der Waals surface area (Å²) < 4.78 is 15.2. The summed E-state index contributed by atoms with van der Waals surface area (Å²) in [6.07, 6.45) is 11.9. The Morgan fingerprint density at radius 3 is 2.50 bits per heavy atom. The number of fused-ring (bicyclic) bond motifs is 3. The van der Waals surface area contributed by atoms with Gasteiger partial charge in [0.25, 0.3) is 0 Å². The van der Waals surface area contributed by atoms with Gasteiger partial charge in [0.2, 0.25) is 0 Å². The highest BCUT2D eigenvalue weighted by molar-refractivity contribution is 6.31. The van der Waals surface area contributed by atoms with Gasteiger partial charge in [-0.1, -0.05) is 65.8 Å². The van der Waals surface area contributed by atoms with Crippen LogP contribution in [0.3, 0.4) is 0 Å². The van der Waals surface area contributed by atoms with Crippen molar-refractivity contribution in [1.29, 1.82) is 0 Å². The number of unbranched alkanes of at least 4 members (excludes halogenated alkanes) is 1. The normalized spacial score (nSPS) is 16.8. The van der Waals surface area contributed by atoms with Gasteiger partial charge in [-0.3, -0.25) is 9.37 Å². The van der Waals surface area contributed by atoms with E-state index in [0.717, 1.165) is 67.0 Å². The van der Waals surface area contributed by atoms with Crippen molar-refractivity contribution in [3.63, 3.8) is 0 Å². The number of hydrogen-bond donors (Lipinski definition) is 0. The zero-order valence-electron chi connectivity index (χ0n) is 27.6. The molecule has 5 nitrogen and oxygen atoms in total. The maximum absolute atomic E-state index is 13.0. The summed E-state index contributed by atoms with van der Waals surface area (Å²) in [6.45, 7) is 24.0. The second-order valence-corrected chi connectivity index (χ2v) is 15.5. The van der Waals surface area contributed by atoms with Gasteiger partial charge in [-0.15, -0.1) is 0 Å². The highest BCUT2D eigenvalue weighted by atomic mass is 35.5. The van der Waals surface area contributed by atoms with Crippen molar-refractivity contribution in [2.45, 2.75) is 104 Å². The average Bonchev–Trinajstić information content (AvgIpc) is 3.40. The first-order valence-electron chi connectivity index (χ1n) is 16.4. The van der Waals surface area contributed by atoms with Gasteiger partial charge in [0.15, 0.2) is 0 Å². The lowest BCUT2D eigenvalue weighted by Gasteiger charge is -2.43. The van der Waals surface area contributed by atoms with E-state index in [9.17, 15) is 4.39 Å². The number of rotatable bonds is 12. The molecule has 0 unspecified atom stereocenters. The summed E-state index contributed by atoms with van der Waals surface area (Å²) in [7, 11) is 0. The van der Waals surface area contributed by atoms with Gasteiger partial charge in [-0.2, -0.15) is 0 Å². The fraction of sp³-hybridized carbons (Fsp3) is 0.568. The molecule has 0 aliphatic carbocycles. The number of nitrogens with zero attached hydrogens (tertiary/aromatic N) is 5. The lowest BCUT2D eigenvalue weighted by atomic mass is 9.72. The number of benzene rings is 1. The molecule has 0 saturated carbocycles. The SMILES string of the molecule is C=C(CC(C)(C)CCCC(C)(C)C)N1CCC2(CC1)C(=C)N(Cc1nc3ccc(Cl)cc3n1CCCCF)c1cnccc12. The molecule has 0 bridgehead atoms. The van der Waals surface area contributed by atoms with E-state index in [1.807, 2.05) is 30.6 Å². The van der Waals surface area contributed by atoms with Gasteiger partial charge in [-0.25, -0.2) is 4.98 Å². The predicted octanol–water partition coefficient (Wildman–Crippen LogP) is 9.85. The van der Waals surface area contributed by atoms with Crippen LogP contribution in [0.5, 0.6) is 0 Å². The van der Waals surface area contributed by atoms with E-state index in [0.29, 0.717) is 29.9 Å². The minimum absolute atomic E-state index is 0.133. The zero-order valence-corrected chi connectivity index (χ0v) is 28.3. The molecule has 0 N–H and O–H groups in total. The molecule has 5 rings (SSSR count). The molecule has 1 spiro atoms. The Morgan fingerprint density at radius 1 is 1.05 bits per heavy atom. The van der Waals surface area contributed by atoms with Crippen LogP contribution >= 0.6 is 11.6 Å². The van der Waals surface area contributed by atoms with Crippen LogP contribution in [-0.2, 0) is 18.5 Å². The predicted molar refractivity (Wildman–Crippen MR) is 183 cm³/mol. The first kappa shape index (κ1) is 32.5. The van der Waals surface area contributed by atoms with E-state index in [1.165, 1.54) is 30.5 Å². The molecule has 1 saturated heterocycles. The fourth-order valence-corrected chi connectivity index (χ4v) is 7.55. The summed E-state index contributed by atoms with van der Waals surface area (Å²) >= 11 is 6.38. The molecule has 4 heterocycles. The van der Waals surface area contributed by atoms with Gasteiger partial charge in [-0.05, 0) is 85.6 Å². The third-order valence-electron chi connectivity index (χ3n) is 9.87. The molecule has 2 aromatic heterocycles. The van der Waals surface area contributed by atoms with E-state index in [-0.39, 0.29) is 17.5 Å². The second kappa shape index (κ2) is 12.9. The Labute approximate surface area is 269 Å². The van der Waals surface area contributed by atoms with Crippen LogP contribution in [0.25, 0.3) is 11.0 Å². The summed E-state index contributed by atoms with van der Waals surface area (Å²) in [5.74, 6) is 0.939. The van der Waals surface area contributed by atoms with Crippen molar-refractivity contribution in [2.75, 3.05) is 24.7 Å². The number of aryl methyl sites for hydroxylation is 1. The summed E-state index contributed by atoms with van der Waals surface area (Å²) in [5, 5.41) is 0.677. The number of aromatic nitrogens is 3. The Balaban J connectivity index is 1.32. The molecule has 44 heavy (non-hydrogen) atoms. The molecular formula is C37H51ClFN5. The molecule has 0 amide bonds. The van der Waals surface area contributed by atoms with Crippen LogP contribution in [0.1, 0.15) is 97.4 Å². The lowest BCUT2D eigenvalue weighted by molar-refractivity contribution is 0.192. The molecule has 3 aromatic rings. The maximum atomic E-state index is 13.0. The molecule has 0 atom stereocenters. The quantitative estimate of drug-likeness (QED) is 0.189. The number of pyridine rings is 1. The summed E-state index contributed by atoms with van der Waals surface area (Å²) in [5.41, 5.74) is 7.20. The van der Waals surface area contributed by atoms with E-state index in [2.05, 4.69) is 66.6 Å². The Kier molecular flexibility index (Phi) is 9.51. The van der Waals surface area contributed by atoms with Crippen LogP contribution < -0.4 is 4.90 Å². The number of alkyl halides is 1. The Bertz CT molecular complexity index is 1490. The van der Waals surface area contributed by atoms with Gasteiger partial charge >= 0.3 is 0 Å². The van der Waals surface area contributed by atoms with E-state index in [1.54, 1.807) is 0 Å². The number of allylic oxidation sites excluding steroid dienone is 2. The van der Waals surface area contributed by atoms with Gasteiger partial charge in [0, 0.05) is 47.7 Å². The largest absolute Gasteiger partial charge is 0.375 e. The monoisotopic (exact) mass is 619 g/mol. The molecule has 2 aliphatic rings. The highest BCUT2D eigenvalue weighted by Gasteiger charge is 2.48. The van der Waals surface area contributed by atoms with Crippen LogP contribution in [0.15, 0.2) is 61.2 Å². The molecule has 7 heteroatoms. The van der Waals surface area contributed by atoms with Gasteiger partial charge < -0.3 is 14.4 Å². The molecule has 1 fully saturated rings. The third kappa shape index (κ3) is 6.85. The van der Waals surface area contributed by atoms with Crippen molar-refractivity contribution in [1.82, 2.24) is 19.4 Å². The third-order valence-corrected chi connectivity index (χ3v) is 10.1. The fourth-order valence-electron chi connectivity index (χ4n) is 7.38. The standard InChI is InChI=1S/C37H51ClFN5/c1-27(24-36(6,7)15-10-14-35(3,4)5)42-21-16-37(17-22-42)28(2)44(33-25-40-19-13-30(33)37)26-34-41-31-12-11-29(38)23-32(31)43(34)20-9-8-18-39/h11-13,19,23,25H,1-2,8-10,14-18,20-22,24,26H2,3-7H3. The van der Waals surface area contributed by atoms with Crippen molar-refractivity contribution in [3.8, 4) is 0 Å². The van der Waals surface area contributed by atoms with Crippen molar-refractivity contribution >= 4 is 28.3 Å². The van der Waals surface area contributed by atoms with Gasteiger partial charge in [0.05, 0.1) is 36.1 Å². The molecule has 1 aromatic carbocycles. The number of piperidine rings is 1. The van der Waals surface area contributed by atoms with E-state index >= 15 is 0 Å². The first-order chi connectivity index (χ1) is 20.8. The van der Waals surface area contributed by atoms with E-state index in [4.69, 9.17) is 23.2 Å². The average molecular weight is 620 g/mol. The number of imidazole rings is 1. The van der Waals surface area contributed by atoms with Crippen molar-refractivity contribution in [2.24, 2.45) is 10.8 Å².